The molecule has 0 bridgehead atoms. The minimum absolute atomic E-state index is 0.256. The van der Waals surface area contributed by atoms with Gasteiger partial charge in [-0.25, -0.2) is 9.97 Å². The van der Waals surface area contributed by atoms with E-state index in [1.54, 1.807) is 60.9 Å². The molecule has 0 aliphatic carbocycles. The van der Waals surface area contributed by atoms with Crippen molar-refractivity contribution in [2.45, 2.75) is 12.8 Å². The van der Waals surface area contributed by atoms with E-state index in [-0.39, 0.29) is 33.9 Å². The number of amides is 4. The zero-order valence-electron chi connectivity index (χ0n) is 21.1. The number of nitrogens with zero attached hydrogens (tertiary/aromatic N) is 4. The van der Waals surface area contributed by atoms with Gasteiger partial charge in [0.1, 0.15) is 10.3 Å². The molecule has 4 aromatic rings. The summed E-state index contributed by atoms with van der Waals surface area (Å²) in [6.45, 7) is 0.728. The van der Waals surface area contributed by atoms with Crippen molar-refractivity contribution in [2.24, 2.45) is 0 Å². The summed E-state index contributed by atoms with van der Waals surface area (Å²) in [5.41, 5.74) is 3.59. The van der Waals surface area contributed by atoms with Crippen molar-refractivity contribution in [1.82, 2.24) is 19.8 Å². The molecular formula is C30H22Cl2N4O4. The average molecular weight is 573 g/mol. The maximum Gasteiger partial charge on any atom is 0.261 e. The van der Waals surface area contributed by atoms with Crippen molar-refractivity contribution in [3.63, 3.8) is 0 Å². The molecule has 2 aromatic carbocycles. The lowest BCUT2D eigenvalue weighted by atomic mass is 10.0. The first-order chi connectivity index (χ1) is 19.3. The van der Waals surface area contributed by atoms with Gasteiger partial charge in [-0.2, -0.15) is 0 Å². The summed E-state index contributed by atoms with van der Waals surface area (Å²) < 4.78 is 0. The molecule has 40 heavy (non-hydrogen) atoms. The van der Waals surface area contributed by atoms with Crippen LogP contribution in [-0.4, -0.2) is 56.5 Å². The normalized spacial score (nSPS) is 14.1. The van der Waals surface area contributed by atoms with Gasteiger partial charge in [-0.15, -0.1) is 0 Å². The summed E-state index contributed by atoms with van der Waals surface area (Å²) in [5, 5.41) is 0.511. The minimum Gasteiger partial charge on any atom is -0.274 e. The molecule has 0 N–H and O–H groups in total. The number of carbonyl (C=O) groups excluding carboxylic acids is 4. The van der Waals surface area contributed by atoms with Crippen LogP contribution >= 0.6 is 23.2 Å². The fourth-order valence-electron chi connectivity index (χ4n) is 4.53. The van der Waals surface area contributed by atoms with Gasteiger partial charge < -0.3 is 0 Å². The molecule has 2 aliphatic heterocycles. The molecule has 4 heterocycles. The Labute approximate surface area is 240 Å². The first-order valence-electron chi connectivity index (χ1n) is 12.4. The van der Waals surface area contributed by atoms with E-state index in [1.165, 1.54) is 21.9 Å². The van der Waals surface area contributed by atoms with Gasteiger partial charge in [-0.05, 0) is 60.4 Å². The number of hydrogen-bond donors (Lipinski definition) is 0. The number of hydrogen-bond acceptors (Lipinski definition) is 6. The molecule has 0 spiro atoms. The highest BCUT2D eigenvalue weighted by atomic mass is 35.5. The number of carbonyl (C=O) groups is 4. The molecular weight excluding hydrogens is 551 g/mol. The van der Waals surface area contributed by atoms with Crippen molar-refractivity contribution in [3.8, 4) is 0 Å². The third kappa shape index (κ3) is 5.64. The number of aromatic nitrogens is 2. The zero-order chi connectivity index (χ0) is 28.2. The van der Waals surface area contributed by atoms with Crippen LogP contribution in [0.25, 0.3) is 0 Å². The summed E-state index contributed by atoms with van der Waals surface area (Å²) in [6, 6.07) is 20.6. The summed E-state index contributed by atoms with van der Waals surface area (Å²) >= 11 is 11.6. The first kappa shape index (κ1) is 27.2. The molecule has 200 valence electrons. The van der Waals surface area contributed by atoms with Gasteiger partial charge in [0.05, 0.1) is 0 Å². The molecule has 0 saturated heterocycles. The van der Waals surface area contributed by atoms with Gasteiger partial charge in [-0.3, -0.25) is 29.0 Å². The number of fused-ring (bicyclic) bond motifs is 2. The maximum absolute atomic E-state index is 12.4. The van der Waals surface area contributed by atoms with E-state index in [9.17, 15) is 19.2 Å². The van der Waals surface area contributed by atoms with Crippen molar-refractivity contribution in [1.29, 1.82) is 0 Å². The zero-order valence-corrected chi connectivity index (χ0v) is 22.6. The monoisotopic (exact) mass is 572 g/mol. The number of imide groups is 2. The SMILES string of the molecule is O=C(c1ccccc1)N1CCc2cnc(Cl)cc2C1=O.O=C(c1ccccc1)N1CCc2cnc(Cl)cc2C1=O. The fraction of sp³-hybridized carbons (Fsp3) is 0.133. The maximum atomic E-state index is 12.4. The molecule has 10 heteroatoms. The Kier molecular flexibility index (Phi) is 8.00. The molecule has 0 atom stereocenters. The van der Waals surface area contributed by atoms with Crippen LogP contribution in [0.5, 0.6) is 0 Å². The molecule has 0 unspecified atom stereocenters. The van der Waals surface area contributed by atoms with Crippen LogP contribution in [-0.2, 0) is 12.8 Å². The van der Waals surface area contributed by atoms with Crippen LogP contribution < -0.4 is 0 Å². The van der Waals surface area contributed by atoms with E-state index in [2.05, 4.69) is 9.97 Å². The van der Waals surface area contributed by atoms with E-state index < -0.39 is 0 Å². The third-order valence-electron chi connectivity index (χ3n) is 6.60. The Hall–Kier alpha value is -4.40. The highest BCUT2D eigenvalue weighted by Gasteiger charge is 2.31. The van der Waals surface area contributed by atoms with E-state index in [0.29, 0.717) is 48.2 Å². The van der Waals surface area contributed by atoms with Crippen LogP contribution in [0.3, 0.4) is 0 Å². The van der Waals surface area contributed by atoms with E-state index in [4.69, 9.17) is 23.2 Å². The van der Waals surface area contributed by atoms with Gasteiger partial charge in [0.2, 0.25) is 0 Å². The Bertz CT molecular complexity index is 1490. The second-order valence-electron chi connectivity index (χ2n) is 9.08. The molecule has 2 aromatic heterocycles. The highest BCUT2D eigenvalue weighted by Crippen LogP contribution is 2.23. The predicted octanol–water partition coefficient (Wildman–Crippen LogP) is 5.15. The fourth-order valence-corrected chi connectivity index (χ4v) is 4.85. The van der Waals surface area contributed by atoms with Crippen molar-refractivity contribution >= 4 is 46.8 Å². The van der Waals surface area contributed by atoms with Gasteiger partial charge >= 0.3 is 0 Å². The summed E-state index contributed by atoms with van der Waals surface area (Å²) in [4.78, 5) is 60.0. The Balaban J connectivity index is 0.000000161. The summed E-state index contributed by atoms with van der Waals surface area (Å²) in [5.74, 6) is -1.20. The van der Waals surface area contributed by atoms with Gasteiger partial charge in [0.15, 0.2) is 0 Å². The van der Waals surface area contributed by atoms with Crippen molar-refractivity contribution in [2.75, 3.05) is 13.1 Å². The topological polar surface area (TPSA) is 101 Å². The molecule has 8 nitrogen and oxygen atoms in total. The molecule has 2 aliphatic rings. The minimum atomic E-state index is -0.315. The van der Waals surface area contributed by atoms with E-state index in [1.807, 2.05) is 12.1 Å². The lowest BCUT2D eigenvalue weighted by Crippen LogP contribution is -2.42. The van der Waals surface area contributed by atoms with Gasteiger partial charge in [-0.1, -0.05) is 59.6 Å². The Morgan fingerprint density at radius 2 is 1.00 bits per heavy atom. The van der Waals surface area contributed by atoms with Gasteiger partial charge in [0, 0.05) is 47.7 Å². The number of pyridine rings is 2. The molecule has 0 radical (unpaired) electrons. The lowest BCUT2D eigenvalue weighted by molar-refractivity contribution is 0.0589. The second-order valence-corrected chi connectivity index (χ2v) is 9.86. The van der Waals surface area contributed by atoms with E-state index in [0.717, 1.165) is 11.1 Å². The lowest BCUT2D eigenvalue weighted by Gasteiger charge is -2.26. The summed E-state index contributed by atoms with van der Waals surface area (Å²) in [6.07, 6.45) is 4.40. The van der Waals surface area contributed by atoms with Crippen LogP contribution in [0.4, 0.5) is 0 Å². The first-order valence-corrected chi connectivity index (χ1v) is 13.2. The van der Waals surface area contributed by atoms with Crippen LogP contribution in [0, 0.1) is 0 Å². The summed E-state index contributed by atoms with van der Waals surface area (Å²) in [7, 11) is 0. The average Bonchev–Trinajstić information content (AvgIpc) is 2.99. The standard InChI is InChI=1S/2C15H11ClN2O2/c2*16-13-8-12-11(9-17-13)6-7-18(15(12)20)14(19)10-4-2-1-3-5-10/h2*1-5,8-9H,6-7H2. The number of rotatable bonds is 2. The van der Waals surface area contributed by atoms with Crippen LogP contribution in [0.2, 0.25) is 10.3 Å². The molecule has 0 fully saturated rings. The molecule has 0 saturated carbocycles. The van der Waals surface area contributed by atoms with E-state index >= 15 is 0 Å². The quantitative estimate of drug-likeness (QED) is 0.243. The predicted molar refractivity (Wildman–Crippen MR) is 150 cm³/mol. The van der Waals surface area contributed by atoms with Crippen molar-refractivity contribution < 1.29 is 19.2 Å². The smallest absolute Gasteiger partial charge is 0.261 e. The molecule has 4 amide bonds. The Morgan fingerprint density at radius 1 is 0.625 bits per heavy atom. The number of benzene rings is 2. The highest BCUT2D eigenvalue weighted by molar-refractivity contribution is 6.30. The Morgan fingerprint density at radius 3 is 1.38 bits per heavy atom. The van der Waals surface area contributed by atoms with Crippen molar-refractivity contribution in [3.05, 3.63) is 129 Å². The van der Waals surface area contributed by atoms with Gasteiger partial charge in [0.25, 0.3) is 23.6 Å². The molecule has 6 rings (SSSR count). The largest absolute Gasteiger partial charge is 0.274 e. The third-order valence-corrected chi connectivity index (χ3v) is 7.01. The second kappa shape index (κ2) is 11.8. The van der Waals surface area contributed by atoms with Crippen LogP contribution in [0.1, 0.15) is 52.6 Å². The number of halogens is 2. The van der Waals surface area contributed by atoms with Crippen LogP contribution in [0.15, 0.2) is 85.2 Å².